The topological polar surface area (TPSA) is 80.9 Å². The van der Waals surface area contributed by atoms with Crippen LogP contribution < -0.4 is 0 Å². The minimum atomic E-state index is -0.872. The SMILES string of the molecule is Cc1nc(-c2cncn2C)nc(C)c1C(C)C(=O)O. The van der Waals surface area contributed by atoms with Gasteiger partial charge in [0.25, 0.3) is 0 Å². The lowest BCUT2D eigenvalue weighted by molar-refractivity contribution is -0.138. The van der Waals surface area contributed by atoms with Gasteiger partial charge in [-0.3, -0.25) is 4.79 Å². The number of rotatable bonds is 3. The average Bonchev–Trinajstić information content (AvgIpc) is 2.74. The van der Waals surface area contributed by atoms with Gasteiger partial charge in [0.05, 0.1) is 18.4 Å². The van der Waals surface area contributed by atoms with Crippen LogP contribution in [0, 0.1) is 13.8 Å². The molecule has 0 aromatic carbocycles. The summed E-state index contributed by atoms with van der Waals surface area (Å²) in [5, 5.41) is 9.11. The molecule has 1 N–H and O–H groups in total. The number of aliphatic carboxylic acids is 1. The van der Waals surface area contributed by atoms with Gasteiger partial charge in [-0.15, -0.1) is 0 Å². The van der Waals surface area contributed by atoms with Crippen molar-refractivity contribution in [2.45, 2.75) is 26.7 Å². The lowest BCUT2D eigenvalue weighted by Gasteiger charge is -2.14. The average molecular weight is 260 g/mol. The quantitative estimate of drug-likeness (QED) is 0.908. The van der Waals surface area contributed by atoms with Crippen LogP contribution in [0.1, 0.15) is 29.8 Å². The second-order valence-corrected chi connectivity index (χ2v) is 4.58. The van der Waals surface area contributed by atoms with Crippen molar-refractivity contribution >= 4 is 5.97 Å². The number of aryl methyl sites for hydroxylation is 3. The maximum Gasteiger partial charge on any atom is 0.310 e. The lowest BCUT2D eigenvalue weighted by atomic mass is 9.98. The molecule has 0 spiro atoms. The van der Waals surface area contributed by atoms with Crippen LogP contribution >= 0.6 is 0 Å². The van der Waals surface area contributed by atoms with Crippen LogP contribution in [0.4, 0.5) is 0 Å². The van der Waals surface area contributed by atoms with Gasteiger partial charge in [-0.05, 0) is 20.8 Å². The van der Waals surface area contributed by atoms with Crippen molar-refractivity contribution in [1.29, 1.82) is 0 Å². The van der Waals surface area contributed by atoms with Crippen molar-refractivity contribution in [3.05, 3.63) is 29.5 Å². The number of nitrogens with zero attached hydrogens (tertiary/aromatic N) is 4. The summed E-state index contributed by atoms with van der Waals surface area (Å²) in [6.07, 6.45) is 3.37. The van der Waals surface area contributed by atoms with E-state index in [0.29, 0.717) is 22.8 Å². The van der Waals surface area contributed by atoms with Gasteiger partial charge >= 0.3 is 5.97 Å². The van der Waals surface area contributed by atoms with Crippen molar-refractivity contribution in [2.24, 2.45) is 7.05 Å². The van der Waals surface area contributed by atoms with E-state index < -0.39 is 11.9 Å². The highest BCUT2D eigenvalue weighted by molar-refractivity contribution is 5.76. The van der Waals surface area contributed by atoms with E-state index in [1.165, 1.54) is 0 Å². The highest BCUT2D eigenvalue weighted by Crippen LogP contribution is 2.24. The van der Waals surface area contributed by atoms with Gasteiger partial charge in [0.2, 0.25) is 0 Å². The van der Waals surface area contributed by atoms with Crippen molar-refractivity contribution in [2.75, 3.05) is 0 Å². The Bertz CT molecular complexity index is 610. The number of aromatic nitrogens is 4. The van der Waals surface area contributed by atoms with Gasteiger partial charge in [0.1, 0.15) is 5.69 Å². The molecule has 0 amide bonds. The Balaban J connectivity index is 2.54. The molecular weight excluding hydrogens is 244 g/mol. The molecule has 0 saturated carbocycles. The molecule has 6 nitrogen and oxygen atoms in total. The first-order chi connectivity index (χ1) is 8.91. The summed E-state index contributed by atoms with van der Waals surface area (Å²) in [6, 6.07) is 0. The number of imidazole rings is 1. The van der Waals surface area contributed by atoms with Crippen LogP contribution in [-0.2, 0) is 11.8 Å². The minimum Gasteiger partial charge on any atom is -0.481 e. The van der Waals surface area contributed by atoms with Crippen LogP contribution in [0.5, 0.6) is 0 Å². The van der Waals surface area contributed by atoms with E-state index in [1.54, 1.807) is 19.4 Å². The van der Waals surface area contributed by atoms with Crippen molar-refractivity contribution in [1.82, 2.24) is 19.5 Å². The predicted octanol–water partition coefficient (Wildman–Crippen LogP) is 1.68. The molecule has 19 heavy (non-hydrogen) atoms. The van der Waals surface area contributed by atoms with E-state index in [4.69, 9.17) is 5.11 Å². The number of carboxylic acids is 1. The summed E-state index contributed by atoms with van der Waals surface area (Å²) in [6.45, 7) is 5.26. The largest absolute Gasteiger partial charge is 0.481 e. The third-order valence-electron chi connectivity index (χ3n) is 3.18. The van der Waals surface area contributed by atoms with Crippen molar-refractivity contribution in [3.8, 4) is 11.5 Å². The van der Waals surface area contributed by atoms with Gasteiger partial charge in [0, 0.05) is 24.0 Å². The molecule has 0 aliphatic rings. The van der Waals surface area contributed by atoms with Crippen LogP contribution in [-0.4, -0.2) is 30.6 Å². The summed E-state index contributed by atoms with van der Waals surface area (Å²) < 4.78 is 1.83. The van der Waals surface area contributed by atoms with Crippen molar-refractivity contribution in [3.63, 3.8) is 0 Å². The van der Waals surface area contributed by atoms with Crippen LogP contribution in [0.3, 0.4) is 0 Å². The molecular formula is C13H16N4O2. The molecule has 0 saturated heterocycles. The van der Waals surface area contributed by atoms with Gasteiger partial charge < -0.3 is 9.67 Å². The molecule has 0 aliphatic heterocycles. The fourth-order valence-corrected chi connectivity index (χ4v) is 2.16. The first-order valence-corrected chi connectivity index (χ1v) is 5.96. The first kappa shape index (κ1) is 13.2. The molecule has 1 unspecified atom stereocenters. The van der Waals surface area contributed by atoms with E-state index >= 15 is 0 Å². The van der Waals surface area contributed by atoms with Gasteiger partial charge in [-0.1, -0.05) is 0 Å². The molecule has 0 radical (unpaired) electrons. The molecule has 2 rings (SSSR count). The van der Waals surface area contributed by atoms with E-state index in [9.17, 15) is 4.79 Å². The Morgan fingerprint density at radius 2 is 1.89 bits per heavy atom. The monoisotopic (exact) mass is 260 g/mol. The second-order valence-electron chi connectivity index (χ2n) is 4.58. The molecule has 2 heterocycles. The Morgan fingerprint density at radius 3 is 2.32 bits per heavy atom. The Kier molecular flexibility index (Phi) is 3.33. The highest BCUT2D eigenvalue weighted by atomic mass is 16.4. The number of carbonyl (C=O) groups is 1. The zero-order valence-corrected chi connectivity index (χ0v) is 11.4. The number of carboxylic acid groups (broad SMARTS) is 1. The standard InChI is InChI=1S/C13H16N4O2/c1-7(13(18)19)11-8(2)15-12(16-9(11)3)10-5-14-6-17(10)4/h5-7H,1-4H3,(H,18,19). The third kappa shape index (κ3) is 2.33. The summed E-state index contributed by atoms with van der Waals surface area (Å²) in [5.74, 6) is -0.917. The fourth-order valence-electron chi connectivity index (χ4n) is 2.16. The molecule has 0 fully saturated rings. The first-order valence-electron chi connectivity index (χ1n) is 5.96. The minimum absolute atomic E-state index is 0.566. The predicted molar refractivity (Wildman–Crippen MR) is 69.8 cm³/mol. The van der Waals surface area contributed by atoms with Gasteiger partial charge in [-0.25, -0.2) is 15.0 Å². The summed E-state index contributed by atoms with van der Waals surface area (Å²) in [7, 11) is 1.87. The maximum atomic E-state index is 11.1. The molecule has 100 valence electrons. The fraction of sp³-hybridized carbons (Fsp3) is 0.385. The number of hydrogen-bond donors (Lipinski definition) is 1. The highest BCUT2D eigenvalue weighted by Gasteiger charge is 2.21. The smallest absolute Gasteiger partial charge is 0.310 e. The van der Waals surface area contributed by atoms with E-state index in [0.717, 1.165) is 5.69 Å². The molecule has 6 heteroatoms. The zero-order chi connectivity index (χ0) is 14.2. The number of hydrogen-bond acceptors (Lipinski definition) is 4. The molecule has 2 aromatic heterocycles. The molecule has 0 aliphatic carbocycles. The van der Waals surface area contributed by atoms with E-state index in [-0.39, 0.29) is 0 Å². The molecule has 1 atom stereocenters. The molecule has 2 aromatic rings. The van der Waals surface area contributed by atoms with Gasteiger partial charge in [-0.2, -0.15) is 0 Å². The summed E-state index contributed by atoms with van der Waals surface area (Å²) in [4.78, 5) is 23.9. The van der Waals surface area contributed by atoms with Crippen LogP contribution in [0.25, 0.3) is 11.5 Å². The Hall–Kier alpha value is -2.24. The summed E-state index contributed by atoms with van der Waals surface area (Å²) >= 11 is 0. The maximum absolute atomic E-state index is 11.1. The third-order valence-corrected chi connectivity index (χ3v) is 3.18. The Labute approximate surface area is 111 Å². The lowest BCUT2D eigenvalue weighted by Crippen LogP contribution is -2.13. The normalized spacial score (nSPS) is 12.4. The Morgan fingerprint density at radius 1 is 1.32 bits per heavy atom. The summed E-state index contributed by atoms with van der Waals surface area (Å²) in [5.41, 5.74) is 2.87. The zero-order valence-electron chi connectivity index (χ0n) is 11.4. The van der Waals surface area contributed by atoms with E-state index in [2.05, 4.69) is 15.0 Å². The molecule has 0 bridgehead atoms. The second kappa shape index (κ2) is 4.79. The van der Waals surface area contributed by atoms with Crippen LogP contribution in [0.2, 0.25) is 0 Å². The van der Waals surface area contributed by atoms with Crippen LogP contribution in [0.15, 0.2) is 12.5 Å². The van der Waals surface area contributed by atoms with Gasteiger partial charge in [0.15, 0.2) is 5.82 Å². The van der Waals surface area contributed by atoms with E-state index in [1.807, 2.05) is 25.5 Å². The van der Waals surface area contributed by atoms with Crippen molar-refractivity contribution < 1.29 is 9.90 Å².